The lowest BCUT2D eigenvalue weighted by Gasteiger charge is -2.41. The van der Waals surface area contributed by atoms with Crippen LogP contribution in [0.4, 0.5) is 0 Å². The zero-order valence-electron chi connectivity index (χ0n) is 41.8. The van der Waals surface area contributed by atoms with Crippen molar-refractivity contribution in [1.29, 1.82) is 0 Å². The minimum atomic E-state index is -1.62. The number of hydrogen-bond donors (Lipinski definition) is 6. The number of allylic oxidation sites excluding steroid dienone is 9. The van der Waals surface area contributed by atoms with E-state index in [1.807, 2.05) is 30.4 Å². The SMILES string of the molecule is CC/C=C/C=C/C=C\CCCCCCC(O)C(=O)NC(COC1OC(CO)C(O)C(O)C1OC(=O)CCCCC/C=C\CCCCCCCCC)C(O)/C=C/CCCCCCCCCCC. The highest BCUT2D eigenvalue weighted by Crippen LogP contribution is 2.26. The van der Waals surface area contributed by atoms with Crippen LogP contribution in [-0.2, 0) is 23.8 Å². The fourth-order valence-electron chi connectivity index (χ4n) is 7.94. The normalized spacial score (nSPS) is 20.6. The molecule has 66 heavy (non-hydrogen) atoms. The van der Waals surface area contributed by atoms with E-state index < -0.39 is 67.4 Å². The molecule has 11 nitrogen and oxygen atoms in total. The lowest BCUT2D eigenvalue weighted by Crippen LogP contribution is -2.61. The maximum Gasteiger partial charge on any atom is 0.306 e. The number of ether oxygens (including phenoxy) is 3. The number of amides is 1. The molecule has 8 unspecified atom stereocenters. The molecule has 0 aromatic rings. The van der Waals surface area contributed by atoms with Crippen molar-refractivity contribution < 1.29 is 49.3 Å². The molecular weight excluding hydrogens is 835 g/mol. The average Bonchev–Trinajstić information content (AvgIpc) is 3.31. The van der Waals surface area contributed by atoms with E-state index >= 15 is 0 Å². The molecule has 0 radical (unpaired) electrons. The standard InChI is InChI=1S/C55H97NO10/c1-4-7-10-13-16-19-22-24-25-28-31-34-37-40-43-50(60)66-53-52(62)51(61)49(44-57)65-55(53)64-45-46(47(58)41-38-35-32-29-26-21-18-15-12-9-6-3)56-54(63)48(59)42-39-36-33-30-27-23-20-17-14-11-8-5-2/h8,11,14,17,20,23,25,28,38,41,46-49,51-53,55,57-59,61-62H,4-7,9-10,12-13,15-16,18-19,21-22,24,26-27,29-37,39-40,42-45H2,1-3H3,(H,56,63)/b11-8+,17-14+,23-20-,28-25-,41-38+. The summed E-state index contributed by atoms with van der Waals surface area (Å²) in [7, 11) is 0. The van der Waals surface area contributed by atoms with Crippen molar-refractivity contribution in [2.45, 2.75) is 262 Å². The molecular formula is C55H97NO10. The highest BCUT2D eigenvalue weighted by Gasteiger charge is 2.47. The topological polar surface area (TPSA) is 175 Å². The van der Waals surface area contributed by atoms with Gasteiger partial charge in [-0.2, -0.15) is 0 Å². The molecule has 1 amide bonds. The van der Waals surface area contributed by atoms with Crippen molar-refractivity contribution >= 4 is 11.9 Å². The maximum absolute atomic E-state index is 13.3. The number of aliphatic hydroxyl groups is 5. The second kappa shape index (κ2) is 43.6. The fraction of sp³-hybridized carbons (Fsp3) is 0.782. The highest BCUT2D eigenvalue weighted by molar-refractivity contribution is 5.80. The van der Waals surface area contributed by atoms with E-state index in [1.165, 1.54) is 89.9 Å². The Balaban J connectivity index is 2.79. The fourth-order valence-corrected chi connectivity index (χ4v) is 7.94. The van der Waals surface area contributed by atoms with E-state index in [4.69, 9.17) is 14.2 Å². The van der Waals surface area contributed by atoms with Gasteiger partial charge in [0.25, 0.3) is 0 Å². The van der Waals surface area contributed by atoms with Crippen molar-refractivity contribution in [3.05, 3.63) is 60.8 Å². The number of aliphatic hydroxyl groups excluding tert-OH is 5. The average molecular weight is 932 g/mol. The zero-order valence-corrected chi connectivity index (χ0v) is 41.8. The first-order valence-electron chi connectivity index (χ1n) is 26.6. The third-order valence-electron chi connectivity index (χ3n) is 12.2. The highest BCUT2D eigenvalue weighted by atomic mass is 16.7. The number of rotatable bonds is 43. The first kappa shape index (κ1) is 61.4. The van der Waals surface area contributed by atoms with Gasteiger partial charge in [0, 0.05) is 6.42 Å². The van der Waals surface area contributed by atoms with Gasteiger partial charge in [-0.05, 0) is 70.6 Å². The molecule has 1 rings (SSSR count). The van der Waals surface area contributed by atoms with Crippen LogP contribution >= 0.6 is 0 Å². The van der Waals surface area contributed by atoms with Crippen LogP contribution in [0, 0.1) is 0 Å². The summed E-state index contributed by atoms with van der Waals surface area (Å²) in [5, 5.41) is 56.5. The van der Waals surface area contributed by atoms with Crippen molar-refractivity contribution in [2.75, 3.05) is 13.2 Å². The largest absolute Gasteiger partial charge is 0.454 e. The molecule has 1 heterocycles. The smallest absolute Gasteiger partial charge is 0.306 e. The number of nitrogens with one attached hydrogen (secondary N) is 1. The van der Waals surface area contributed by atoms with Crippen molar-refractivity contribution in [2.24, 2.45) is 0 Å². The van der Waals surface area contributed by atoms with Gasteiger partial charge >= 0.3 is 5.97 Å². The second-order valence-corrected chi connectivity index (χ2v) is 18.3. The van der Waals surface area contributed by atoms with Crippen LogP contribution in [0.3, 0.4) is 0 Å². The van der Waals surface area contributed by atoms with Crippen molar-refractivity contribution in [3.8, 4) is 0 Å². The number of hydrogen-bond acceptors (Lipinski definition) is 10. The van der Waals surface area contributed by atoms with E-state index in [9.17, 15) is 35.1 Å². The minimum absolute atomic E-state index is 0.0993. The van der Waals surface area contributed by atoms with Crippen LogP contribution in [0.5, 0.6) is 0 Å². The van der Waals surface area contributed by atoms with Gasteiger partial charge in [0.15, 0.2) is 12.4 Å². The van der Waals surface area contributed by atoms with Gasteiger partial charge in [-0.1, -0.05) is 197 Å². The predicted molar refractivity (Wildman–Crippen MR) is 269 cm³/mol. The molecule has 0 aliphatic carbocycles. The summed E-state index contributed by atoms with van der Waals surface area (Å²) in [4.78, 5) is 26.3. The Labute approximate surface area is 401 Å². The van der Waals surface area contributed by atoms with E-state index in [2.05, 4.69) is 50.4 Å². The monoisotopic (exact) mass is 932 g/mol. The van der Waals surface area contributed by atoms with Crippen LogP contribution in [0.15, 0.2) is 60.8 Å². The maximum atomic E-state index is 13.3. The summed E-state index contributed by atoms with van der Waals surface area (Å²) in [5.74, 6) is -1.24. The molecule has 1 fully saturated rings. The minimum Gasteiger partial charge on any atom is -0.454 e. The third-order valence-corrected chi connectivity index (χ3v) is 12.2. The molecule has 0 saturated carbocycles. The van der Waals surface area contributed by atoms with Crippen LogP contribution in [0.2, 0.25) is 0 Å². The second-order valence-electron chi connectivity index (χ2n) is 18.3. The van der Waals surface area contributed by atoms with Gasteiger partial charge in [-0.15, -0.1) is 0 Å². The summed E-state index contributed by atoms with van der Waals surface area (Å²) in [6.45, 7) is 5.58. The zero-order chi connectivity index (χ0) is 48.3. The van der Waals surface area contributed by atoms with Gasteiger partial charge in [0.1, 0.15) is 24.4 Å². The summed E-state index contributed by atoms with van der Waals surface area (Å²) < 4.78 is 17.5. The number of unbranched alkanes of at least 4 members (excludes halogenated alkanes) is 23. The number of carbonyl (C=O) groups is 2. The molecule has 6 N–H and O–H groups in total. The summed E-state index contributed by atoms with van der Waals surface area (Å²) in [5.41, 5.74) is 0. The van der Waals surface area contributed by atoms with Crippen molar-refractivity contribution in [1.82, 2.24) is 5.32 Å². The van der Waals surface area contributed by atoms with Gasteiger partial charge in [0.05, 0.1) is 25.4 Å². The van der Waals surface area contributed by atoms with E-state index in [1.54, 1.807) is 6.08 Å². The Morgan fingerprint density at radius 3 is 1.67 bits per heavy atom. The number of esters is 1. The number of carbonyl (C=O) groups excluding carboxylic acids is 2. The first-order chi connectivity index (χ1) is 32.2. The third kappa shape index (κ3) is 32.2. The summed E-state index contributed by atoms with van der Waals surface area (Å²) in [6, 6.07) is -1.04. The molecule has 0 aromatic carbocycles. The van der Waals surface area contributed by atoms with Crippen LogP contribution in [0.25, 0.3) is 0 Å². The summed E-state index contributed by atoms with van der Waals surface area (Å²) in [6.07, 6.45) is 41.3. The molecule has 382 valence electrons. The van der Waals surface area contributed by atoms with Crippen molar-refractivity contribution in [3.63, 3.8) is 0 Å². The Morgan fingerprint density at radius 2 is 1.11 bits per heavy atom. The lowest BCUT2D eigenvalue weighted by molar-refractivity contribution is -0.305. The predicted octanol–water partition coefficient (Wildman–Crippen LogP) is 11.1. The Morgan fingerprint density at radius 1 is 0.606 bits per heavy atom. The van der Waals surface area contributed by atoms with Gasteiger partial charge in [0.2, 0.25) is 5.91 Å². The van der Waals surface area contributed by atoms with E-state index in [0.29, 0.717) is 12.8 Å². The van der Waals surface area contributed by atoms with Crippen LogP contribution < -0.4 is 5.32 Å². The van der Waals surface area contributed by atoms with Gasteiger partial charge in [-0.25, -0.2) is 0 Å². The van der Waals surface area contributed by atoms with E-state index in [-0.39, 0.29) is 19.4 Å². The quantitative estimate of drug-likeness (QED) is 0.0149. The Kier molecular flexibility index (Phi) is 40.6. The van der Waals surface area contributed by atoms with Gasteiger partial charge < -0.3 is 45.1 Å². The van der Waals surface area contributed by atoms with Crippen LogP contribution in [0.1, 0.15) is 213 Å². The summed E-state index contributed by atoms with van der Waals surface area (Å²) >= 11 is 0. The molecule has 0 spiro atoms. The first-order valence-corrected chi connectivity index (χ1v) is 26.6. The molecule has 0 aromatic heterocycles. The van der Waals surface area contributed by atoms with Gasteiger partial charge in [-0.3, -0.25) is 9.59 Å². The molecule has 0 bridgehead atoms. The molecule has 11 heteroatoms. The lowest BCUT2D eigenvalue weighted by atomic mass is 9.99. The van der Waals surface area contributed by atoms with E-state index in [0.717, 1.165) is 77.0 Å². The Hall–Kier alpha value is -2.64. The molecule has 1 aliphatic heterocycles. The van der Waals surface area contributed by atoms with Crippen LogP contribution in [-0.4, -0.2) is 99.6 Å². The molecule has 1 saturated heterocycles. The molecule has 8 atom stereocenters. The Bertz CT molecular complexity index is 1300. The molecule has 1 aliphatic rings.